The number of rotatable bonds is 2. The zero-order chi connectivity index (χ0) is 11.7. The minimum atomic E-state index is -4.75. The van der Waals surface area contributed by atoms with Gasteiger partial charge in [0, 0.05) is 0 Å². The van der Waals surface area contributed by atoms with Crippen molar-refractivity contribution in [2.24, 2.45) is 0 Å². The van der Waals surface area contributed by atoms with Crippen LogP contribution in [0.1, 0.15) is 8.35 Å². The van der Waals surface area contributed by atoms with Crippen LogP contribution in [0.15, 0.2) is 36.0 Å². The maximum atomic E-state index is 11.2. The molecule has 5 nitrogen and oxygen atoms in total. The zero-order valence-corrected chi connectivity index (χ0v) is 12.9. The molecule has 0 saturated carbocycles. The summed E-state index contributed by atoms with van der Waals surface area (Å²) in [5, 5.41) is 8.96. The average molecular weight is 270 g/mol. The van der Waals surface area contributed by atoms with Crippen LogP contribution in [0.5, 0.6) is 0 Å². The Labute approximate surface area is 138 Å². The van der Waals surface area contributed by atoms with Crippen molar-refractivity contribution in [3.05, 3.63) is 36.0 Å². The standard InChI is InChI=1S/C9H10O5S.K.H/c1-2-7-5-3-4-6-9(7,8(10)11)15(12,13)14;;/h2-6H,1H3,(H,10,11)(H,12,13,14);;/q;+1;-1. The minimum absolute atomic E-state index is 0. The van der Waals surface area contributed by atoms with Gasteiger partial charge in [-0.05, 0) is 18.6 Å². The molecule has 0 aromatic carbocycles. The van der Waals surface area contributed by atoms with Crippen molar-refractivity contribution < 1.29 is 75.7 Å². The van der Waals surface area contributed by atoms with E-state index in [0.29, 0.717) is 0 Å². The molecular formula is C9H11KO5S. The molecule has 1 rings (SSSR count). The van der Waals surface area contributed by atoms with Crippen LogP contribution in [0.3, 0.4) is 0 Å². The van der Waals surface area contributed by atoms with Gasteiger partial charge in [-0.2, -0.15) is 8.42 Å². The Hall–Kier alpha value is 0.236. The maximum absolute atomic E-state index is 11.2. The zero-order valence-electron chi connectivity index (χ0n) is 9.91. The second-order valence-electron chi connectivity index (χ2n) is 2.98. The van der Waals surface area contributed by atoms with Crippen molar-refractivity contribution in [3.8, 4) is 0 Å². The molecule has 0 spiro atoms. The van der Waals surface area contributed by atoms with Crippen LogP contribution in [0.25, 0.3) is 0 Å². The summed E-state index contributed by atoms with van der Waals surface area (Å²) in [6.07, 6.45) is 6.39. The molecule has 2 N–H and O–H groups in total. The van der Waals surface area contributed by atoms with Gasteiger partial charge in [0.25, 0.3) is 10.1 Å². The van der Waals surface area contributed by atoms with E-state index >= 15 is 0 Å². The van der Waals surface area contributed by atoms with Crippen LogP contribution in [0.4, 0.5) is 0 Å². The summed E-state index contributed by atoms with van der Waals surface area (Å²) in [6, 6.07) is 0. The van der Waals surface area contributed by atoms with Crippen molar-refractivity contribution in [1.82, 2.24) is 0 Å². The molecule has 1 atom stereocenters. The van der Waals surface area contributed by atoms with Gasteiger partial charge in [0.1, 0.15) is 0 Å². The molecule has 0 saturated heterocycles. The maximum Gasteiger partial charge on any atom is 1.00 e. The first kappa shape index (κ1) is 16.2. The fraction of sp³-hybridized carbons (Fsp3) is 0.222. The molecule has 0 amide bonds. The summed E-state index contributed by atoms with van der Waals surface area (Å²) >= 11 is 0. The number of aliphatic carboxylic acids is 1. The summed E-state index contributed by atoms with van der Waals surface area (Å²) in [7, 11) is -4.75. The van der Waals surface area contributed by atoms with Gasteiger partial charge in [0.2, 0.25) is 4.75 Å². The molecule has 0 aromatic heterocycles. The van der Waals surface area contributed by atoms with E-state index in [2.05, 4.69) is 0 Å². The SMILES string of the molecule is CC=C1C=CC=CC1(C(=O)O)S(=O)(=O)O.[H-].[K+]. The molecule has 0 aromatic rings. The van der Waals surface area contributed by atoms with E-state index in [1.54, 1.807) is 0 Å². The first-order valence-corrected chi connectivity index (χ1v) is 5.53. The summed E-state index contributed by atoms with van der Waals surface area (Å²) < 4.78 is 29.0. The normalized spacial score (nSPS) is 26.5. The van der Waals surface area contributed by atoms with E-state index in [4.69, 9.17) is 9.66 Å². The largest absolute Gasteiger partial charge is 1.00 e. The van der Waals surface area contributed by atoms with Crippen LogP contribution >= 0.6 is 0 Å². The minimum Gasteiger partial charge on any atom is -1.00 e. The van der Waals surface area contributed by atoms with Gasteiger partial charge in [0.15, 0.2) is 0 Å². The second kappa shape index (κ2) is 5.72. The summed E-state index contributed by atoms with van der Waals surface area (Å²) in [4.78, 5) is 11.0. The molecule has 0 bridgehead atoms. The summed E-state index contributed by atoms with van der Waals surface area (Å²) in [5.74, 6) is -1.63. The Morgan fingerprint density at radius 2 is 2.06 bits per heavy atom. The Morgan fingerprint density at radius 3 is 2.38 bits per heavy atom. The van der Waals surface area contributed by atoms with Gasteiger partial charge in [-0.15, -0.1) is 0 Å². The van der Waals surface area contributed by atoms with Crippen molar-refractivity contribution >= 4 is 16.1 Å². The molecule has 0 radical (unpaired) electrons. The molecule has 1 aliphatic carbocycles. The second-order valence-corrected chi connectivity index (χ2v) is 4.57. The smallest absolute Gasteiger partial charge is 1.00 e. The van der Waals surface area contributed by atoms with Crippen LogP contribution < -0.4 is 51.4 Å². The average Bonchev–Trinajstić information content (AvgIpc) is 2.15. The van der Waals surface area contributed by atoms with Crippen molar-refractivity contribution in [3.63, 3.8) is 0 Å². The third-order valence-electron chi connectivity index (χ3n) is 2.18. The molecule has 16 heavy (non-hydrogen) atoms. The molecule has 0 fully saturated rings. The van der Waals surface area contributed by atoms with Crippen LogP contribution in [0, 0.1) is 0 Å². The number of carboxylic acids is 1. The Bertz CT molecular complexity index is 480. The van der Waals surface area contributed by atoms with E-state index in [0.717, 1.165) is 6.08 Å². The van der Waals surface area contributed by atoms with E-state index in [-0.39, 0.29) is 58.4 Å². The van der Waals surface area contributed by atoms with Gasteiger partial charge in [-0.25, -0.2) is 4.79 Å². The molecule has 0 aliphatic heterocycles. The van der Waals surface area contributed by atoms with Crippen LogP contribution in [0.2, 0.25) is 0 Å². The monoisotopic (exact) mass is 270 g/mol. The number of carboxylic acid groups (broad SMARTS) is 1. The fourth-order valence-electron chi connectivity index (χ4n) is 1.42. The van der Waals surface area contributed by atoms with Crippen LogP contribution in [-0.4, -0.2) is 28.8 Å². The van der Waals surface area contributed by atoms with Gasteiger partial charge >= 0.3 is 57.4 Å². The van der Waals surface area contributed by atoms with Gasteiger partial charge in [-0.1, -0.05) is 24.3 Å². The Balaban J connectivity index is 0. The van der Waals surface area contributed by atoms with E-state index in [1.807, 2.05) is 0 Å². The molecule has 0 heterocycles. The van der Waals surface area contributed by atoms with Gasteiger partial charge in [-0.3, -0.25) is 4.55 Å². The molecule has 1 aliphatic rings. The molecule has 7 heteroatoms. The molecular weight excluding hydrogens is 259 g/mol. The topological polar surface area (TPSA) is 91.7 Å². The predicted octanol–water partition coefficient (Wildman–Crippen LogP) is -2.11. The molecule has 1 unspecified atom stereocenters. The van der Waals surface area contributed by atoms with E-state index < -0.39 is 20.8 Å². The number of carbonyl (C=O) groups is 1. The number of allylic oxidation sites excluding steroid dienone is 4. The third kappa shape index (κ3) is 2.56. The number of hydrogen-bond acceptors (Lipinski definition) is 3. The quantitative estimate of drug-likeness (QED) is 0.442. The summed E-state index contributed by atoms with van der Waals surface area (Å²) in [5.41, 5.74) is 0.0139. The Morgan fingerprint density at radius 1 is 1.50 bits per heavy atom. The fourth-order valence-corrected chi connectivity index (χ4v) is 2.38. The molecule has 84 valence electrons. The van der Waals surface area contributed by atoms with Gasteiger partial charge in [0.05, 0.1) is 0 Å². The van der Waals surface area contributed by atoms with Gasteiger partial charge < -0.3 is 6.53 Å². The van der Waals surface area contributed by atoms with E-state index in [9.17, 15) is 13.2 Å². The number of hydrogen-bond donors (Lipinski definition) is 2. The van der Waals surface area contributed by atoms with Crippen molar-refractivity contribution in [2.75, 3.05) is 0 Å². The van der Waals surface area contributed by atoms with E-state index in [1.165, 1.54) is 31.2 Å². The summed E-state index contributed by atoms with van der Waals surface area (Å²) in [6.45, 7) is 1.50. The first-order chi connectivity index (χ1) is 6.86. The van der Waals surface area contributed by atoms with Crippen molar-refractivity contribution in [1.29, 1.82) is 0 Å². The Kier molecular flexibility index (Phi) is 5.80. The van der Waals surface area contributed by atoms with Crippen LogP contribution in [-0.2, 0) is 14.9 Å². The van der Waals surface area contributed by atoms with Crippen molar-refractivity contribution in [2.45, 2.75) is 11.7 Å². The predicted molar refractivity (Wildman–Crippen MR) is 55.1 cm³/mol. The first-order valence-electron chi connectivity index (χ1n) is 4.09. The third-order valence-corrected chi connectivity index (χ3v) is 3.54.